The molecule has 0 aromatic carbocycles. The highest BCUT2D eigenvalue weighted by molar-refractivity contribution is 7.09. The van der Waals surface area contributed by atoms with Crippen molar-refractivity contribution in [2.45, 2.75) is 64.6 Å². The lowest BCUT2D eigenvalue weighted by Gasteiger charge is -2.37. The lowest BCUT2D eigenvalue weighted by atomic mass is 9.93. The van der Waals surface area contributed by atoms with Crippen molar-refractivity contribution < 1.29 is 4.79 Å². The molecule has 0 unspecified atom stereocenters. The predicted octanol–water partition coefficient (Wildman–Crippen LogP) is 3.14. The van der Waals surface area contributed by atoms with E-state index in [1.54, 1.807) is 11.3 Å². The largest absolute Gasteiger partial charge is 0.339 e. The van der Waals surface area contributed by atoms with Crippen molar-refractivity contribution in [2.24, 2.45) is 0 Å². The van der Waals surface area contributed by atoms with Gasteiger partial charge in [0.25, 0.3) is 0 Å². The molecule has 1 amide bonds. The van der Waals surface area contributed by atoms with Gasteiger partial charge in [-0.1, -0.05) is 19.3 Å². The van der Waals surface area contributed by atoms with E-state index >= 15 is 0 Å². The normalized spacial score (nSPS) is 17.9. The maximum absolute atomic E-state index is 12.8. The molecule has 1 fully saturated rings. The number of thiazole rings is 1. The van der Waals surface area contributed by atoms with E-state index in [4.69, 9.17) is 0 Å². The third-order valence-corrected chi connectivity index (χ3v) is 5.29. The minimum atomic E-state index is -0.0872. The van der Waals surface area contributed by atoms with Crippen LogP contribution in [0.1, 0.15) is 51.0 Å². The summed E-state index contributed by atoms with van der Waals surface area (Å²) < 4.78 is 0. The molecule has 1 saturated carbocycles. The Morgan fingerprint density at radius 3 is 2.71 bits per heavy atom. The Morgan fingerprint density at radius 2 is 2.14 bits per heavy atom. The molecule has 1 aromatic rings. The molecule has 0 aliphatic heterocycles. The Kier molecular flexibility index (Phi) is 6.18. The highest BCUT2D eigenvalue weighted by Crippen LogP contribution is 2.23. The summed E-state index contributed by atoms with van der Waals surface area (Å²) in [6.07, 6.45) is 8.00. The molecule has 0 N–H and O–H groups in total. The van der Waals surface area contributed by atoms with Gasteiger partial charge in [0.2, 0.25) is 5.91 Å². The van der Waals surface area contributed by atoms with Gasteiger partial charge >= 0.3 is 0 Å². The Labute approximate surface area is 132 Å². The first-order valence-corrected chi connectivity index (χ1v) is 8.90. The maximum Gasteiger partial charge on any atom is 0.239 e. The first-order valence-electron chi connectivity index (χ1n) is 8.02. The van der Waals surface area contributed by atoms with Crippen LogP contribution in [-0.4, -0.2) is 46.4 Å². The summed E-state index contributed by atoms with van der Waals surface area (Å²) in [5, 5.41) is 3.05. The van der Waals surface area contributed by atoms with Crippen molar-refractivity contribution in [3.63, 3.8) is 0 Å². The highest BCUT2D eigenvalue weighted by Gasteiger charge is 2.29. The molecule has 0 spiro atoms. The second-order valence-corrected chi connectivity index (χ2v) is 6.91. The summed E-state index contributed by atoms with van der Waals surface area (Å²) in [5.41, 5.74) is 0. The van der Waals surface area contributed by atoms with Crippen LogP contribution in [0.2, 0.25) is 0 Å². The van der Waals surface area contributed by atoms with Crippen molar-refractivity contribution >= 4 is 17.2 Å². The van der Waals surface area contributed by atoms with Gasteiger partial charge in [0.1, 0.15) is 5.01 Å². The second kappa shape index (κ2) is 7.90. The number of hydrogen-bond donors (Lipinski definition) is 0. The fraction of sp³-hybridized carbons (Fsp3) is 0.750. The third-order valence-electron chi connectivity index (χ3n) is 4.53. The van der Waals surface area contributed by atoms with Crippen molar-refractivity contribution in [3.8, 4) is 0 Å². The molecule has 1 aromatic heterocycles. The average molecular weight is 309 g/mol. The van der Waals surface area contributed by atoms with Crippen LogP contribution >= 0.6 is 11.3 Å². The van der Waals surface area contributed by atoms with Gasteiger partial charge in [0.05, 0.1) is 12.6 Å². The number of nitrogens with zero attached hydrogens (tertiary/aromatic N) is 3. The van der Waals surface area contributed by atoms with Gasteiger partial charge in [-0.3, -0.25) is 9.69 Å². The lowest BCUT2D eigenvalue weighted by molar-refractivity contribution is -0.139. The van der Waals surface area contributed by atoms with E-state index in [-0.39, 0.29) is 11.9 Å². The zero-order chi connectivity index (χ0) is 15.2. The monoisotopic (exact) mass is 309 g/mol. The van der Waals surface area contributed by atoms with E-state index in [2.05, 4.69) is 21.7 Å². The van der Waals surface area contributed by atoms with Crippen LogP contribution in [0.25, 0.3) is 0 Å². The molecule has 1 atom stereocenters. The Hall–Kier alpha value is -0.940. The smallest absolute Gasteiger partial charge is 0.239 e. The number of carbonyl (C=O) groups is 1. The van der Waals surface area contributed by atoms with E-state index in [1.165, 1.54) is 32.1 Å². The van der Waals surface area contributed by atoms with Gasteiger partial charge in [-0.25, -0.2) is 4.98 Å². The molecule has 1 heterocycles. The quantitative estimate of drug-likeness (QED) is 0.810. The zero-order valence-electron chi connectivity index (χ0n) is 13.4. The van der Waals surface area contributed by atoms with E-state index < -0.39 is 0 Å². The van der Waals surface area contributed by atoms with Crippen LogP contribution in [0.3, 0.4) is 0 Å². The van der Waals surface area contributed by atoms with E-state index in [9.17, 15) is 4.79 Å². The van der Waals surface area contributed by atoms with Crippen LogP contribution in [0.4, 0.5) is 0 Å². The summed E-state index contributed by atoms with van der Waals surface area (Å²) in [6.45, 7) is 5.67. The number of hydrogen-bond acceptors (Lipinski definition) is 4. The molecule has 0 saturated heterocycles. The van der Waals surface area contributed by atoms with Gasteiger partial charge in [0.15, 0.2) is 0 Å². The summed E-state index contributed by atoms with van der Waals surface area (Å²) in [6, 6.07) is 0.364. The summed E-state index contributed by atoms with van der Waals surface area (Å²) in [5.74, 6) is 0.267. The molecule has 118 valence electrons. The zero-order valence-corrected chi connectivity index (χ0v) is 14.2. The highest BCUT2D eigenvalue weighted by atomic mass is 32.1. The second-order valence-electron chi connectivity index (χ2n) is 5.93. The standard InChI is InChI=1S/C16H27N3OS/c1-4-19(14-8-6-5-7-9-14)16(20)13(2)18(3)12-15-17-10-11-21-15/h10-11,13-14H,4-9,12H2,1-3H3/t13-/m1/s1. The van der Waals surface area contributed by atoms with Gasteiger partial charge in [-0.2, -0.15) is 0 Å². The van der Waals surface area contributed by atoms with Gasteiger partial charge in [-0.05, 0) is 33.7 Å². The molecule has 21 heavy (non-hydrogen) atoms. The minimum Gasteiger partial charge on any atom is -0.339 e. The molecular formula is C16H27N3OS. The fourth-order valence-corrected chi connectivity index (χ4v) is 3.78. The summed E-state index contributed by atoms with van der Waals surface area (Å²) in [7, 11) is 2.01. The molecule has 1 aliphatic rings. The van der Waals surface area contributed by atoms with Crippen LogP contribution in [0.5, 0.6) is 0 Å². The topological polar surface area (TPSA) is 36.4 Å². The van der Waals surface area contributed by atoms with Crippen molar-refractivity contribution in [1.29, 1.82) is 0 Å². The Morgan fingerprint density at radius 1 is 1.43 bits per heavy atom. The average Bonchev–Trinajstić information content (AvgIpc) is 3.01. The van der Waals surface area contributed by atoms with Crippen molar-refractivity contribution in [3.05, 3.63) is 16.6 Å². The lowest BCUT2D eigenvalue weighted by Crippen LogP contribution is -2.50. The van der Waals surface area contributed by atoms with Gasteiger partial charge in [0, 0.05) is 24.2 Å². The molecule has 1 aliphatic carbocycles. The number of aromatic nitrogens is 1. The third kappa shape index (κ3) is 4.27. The number of carbonyl (C=O) groups excluding carboxylic acids is 1. The number of amides is 1. The minimum absolute atomic E-state index is 0.0872. The molecular weight excluding hydrogens is 282 g/mol. The Bertz CT molecular complexity index is 429. The molecule has 0 radical (unpaired) electrons. The first-order chi connectivity index (χ1) is 10.1. The van der Waals surface area contributed by atoms with Gasteiger partial charge in [-0.15, -0.1) is 11.3 Å². The summed E-state index contributed by atoms with van der Waals surface area (Å²) >= 11 is 1.64. The van der Waals surface area contributed by atoms with Crippen LogP contribution in [0, 0.1) is 0 Å². The van der Waals surface area contributed by atoms with Crippen LogP contribution < -0.4 is 0 Å². The first kappa shape index (κ1) is 16.4. The SMILES string of the molecule is CCN(C(=O)[C@@H](C)N(C)Cc1nccs1)C1CCCCC1. The van der Waals surface area contributed by atoms with Gasteiger partial charge < -0.3 is 4.90 Å². The molecule has 2 rings (SSSR count). The molecule has 0 bridgehead atoms. The van der Waals surface area contributed by atoms with Crippen molar-refractivity contribution in [1.82, 2.24) is 14.8 Å². The Balaban J connectivity index is 1.95. The molecule has 5 heteroatoms. The summed E-state index contributed by atoms with van der Waals surface area (Å²) in [4.78, 5) is 21.3. The van der Waals surface area contributed by atoms with Crippen molar-refractivity contribution in [2.75, 3.05) is 13.6 Å². The number of rotatable bonds is 6. The van der Waals surface area contributed by atoms with E-state index in [0.29, 0.717) is 6.04 Å². The molecule has 4 nitrogen and oxygen atoms in total. The van der Waals surface area contributed by atoms with Crippen LogP contribution in [0.15, 0.2) is 11.6 Å². The van der Waals surface area contributed by atoms with E-state index in [0.717, 1.165) is 18.1 Å². The number of likely N-dealkylation sites (N-methyl/N-ethyl adjacent to an activating group) is 2. The fourth-order valence-electron chi connectivity index (χ4n) is 3.10. The van der Waals surface area contributed by atoms with Crippen LogP contribution in [-0.2, 0) is 11.3 Å². The predicted molar refractivity (Wildman–Crippen MR) is 87.3 cm³/mol. The van der Waals surface area contributed by atoms with E-state index in [1.807, 2.05) is 25.5 Å². The maximum atomic E-state index is 12.8.